The Morgan fingerprint density at radius 1 is 0.971 bits per heavy atom. The van der Waals surface area contributed by atoms with Crippen molar-refractivity contribution in [3.8, 4) is 17.2 Å². The second kappa shape index (κ2) is 11.7. The van der Waals surface area contributed by atoms with Gasteiger partial charge in [-0.15, -0.1) is 0 Å². The summed E-state index contributed by atoms with van der Waals surface area (Å²) in [6.45, 7) is 1.73. The summed E-state index contributed by atoms with van der Waals surface area (Å²) in [6, 6.07) is 17.1. The van der Waals surface area contributed by atoms with Crippen LogP contribution in [-0.2, 0) is 4.79 Å². The monoisotopic (exact) mass is 481 g/mol. The molecule has 0 aliphatic heterocycles. The Hall–Kier alpha value is -4.04. The molecule has 9 heteroatoms. The fourth-order valence-corrected chi connectivity index (χ4v) is 3.20. The zero-order valence-corrected chi connectivity index (χ0v) is 19.7. The molecule has 0 bridgehead atoms. The van der Waals surface area contributed by atoms with Crippen LogP contribution in [0.2, 0.25) is 5.02 Å². The standard InChI is InChI=1S/C25H24ClN3O5/c1-16-5-4-6-20(11-16)28-24(30)15-34-21-10-8-19(26)12-18(21)14-27-29-25(31)17-7-9-22(32-2)23(13-17)33-3/h4-14H,15H2,1-3H3,(H,28,30)(H,29,31)/b27-14+. The van der Waals surface area contributed by atoms with Gasteiger partial charge in [0, 0.05) is 21.8 Å². The topological polar surface area (TPSA) is 98.3 Å². The molecule has 0 atom stereocenters. The van der Waals surface area contributed by atoms with Crippen LogP contribution in [0.25, 0.3) is 0 Å². The molecule has 0 aliphatic rings. The molecule has 0 heterocycles. The average Bonchev–Trinajstić information content (AvgIpc) is 2.83. The van der Waals surface area contributed by atoms with Gasteiger partial charge in [-0.25, -0.2) is 5.43 Å². The van der Waals surface area contributed by atoms with Gasteiger partial charge in [-0.1, -0.05) is 23.7 Å². The van der Waals surface area contributed by atoms with E-state index in [1.165, 1.54) is 20.4 Å². The number of nitrogens with zero attached hydrogens (tertiary/aromatic N) is 1. The van der Waals surface area contributed by atoms with Gasteiger partial charge in [0.15, 0.2) is 18.1 Å². The first kappa shape index (κ1) is 24.6. The molecule has 3 aromatic rings. The molecule has 0 unspecified atom stereocenters. The largest absolute Gasteiger partial charge is 0.493 e. The second-order valence-electron chi connectivity index (χ2n) is 7.16. The molecule has 0 fully saturated rings. The summed E-state index contributed by atoms with van der Waals surface area (Å²) in [6.07, 6.45) is 1.39. The van der Waals surface area contributed by atoms with Crippen molar-refractivity contribution in [3.05, 3.63) is 82.4 Å². The lowest BCUT2D eigenvalue weighted by molar-refractivity contribution is -0.118. The molecule has 0 saturated heterocycles. The van der Waals surface area contributed by atoms with Crippen molar-refractivity contribution in [1.29, 1.82) is 0 Å². The Kier molecular flexibility index (Phi) is 8.48. The Balaban J connectivity index is 1.64. The zero-order valence-electron chi connectivity index (χ0n) is 18.9. The molecule has 2 amide bonds. The highest BCUT2D eigenvalue weighted by Crippen LogP contribution is 2.27. The van der Waals surface area contributed by atoms with E-state index in [4.69, 9.17) is 25.8 Å². The number of carbonyl (C=O) groups excluding carboxylic acids is 2. The van der Waals surface area contributed by atoms with E-state index in [-0.39, 0.29) is 12.5 Å². The van der Waals surface area contributed by atoms with Crippen LogP contribution >= 0.6 is 11.6 Å². The van der Waals surface area contributed by atoms with Gasteiger partial charge in [0.2, 0.25) is 0 Å². The number of methoxy groups -OCH3 is 2. The summed E-state index contributed by atoms with van der Waals surface area (Å²) in [5.74, 6) is 0.556. The van der Waals surface area contributed by atoms with Gasteiger partial charge >= 0.3 is 0 Å². The quantitative estimate of drug-likeness (QED) is 0.347. The number of aryl methyl sites for hydroxylation is 1. The predicted molar refractivity (Wildman–Crippen MR) is 131 cm³/mol. The van der Waals surface area contributed by atoms with Gasteiger partial charge in [-0.3, -0.25) is 9.59 Å². The third kappa shape index (κ3) is 6.73. The molecule has 0 radical (unpaired) electrons. The molecule has 0 saturated carbocycles. The molecule has 176 valence electrons. The highest BCUT2D eigenvalue weighted by Gasteiger charge is 2.11. The SMILES string of the molecule is COc1ccc(C(=O)N/N=C/c2cc(Cl)ccc2OCC(=O)Nc2cccc(C)c2)cc1OC. The van der Waals surface area contributed by atoms with Crippen molar-refractivity contribution in [2.75, 3.05) is 26.1 Å². The maximum atomic E-state index is 12.4. The number of hydrogen-bond donors (Lipinski definition) is 2. The van der Waals surface area contributed by atoms with Crippen LogP contribution < -0.4 is 25.0 Å². The van der Waals surface area contributed by atoms with Gasteiger partial charge in [0.05, 0.1) is 20.4 Å². The lowest BCUT2D eigenvalue weighted by Crippen LogP contribution is -2.20. The Bertz CT molecular complexity index is 1210. The Labute approximate surface area is 202 Å². The minimum atomic E-state index is -0.445. The summed E-state index contributed by atoms with van der Waals surface area (Å²) in [4.78, 5) is 24.7. The fraction of sp³-hybridized carbons (Fsp3) is 0.160. The molecule has 0 aliphatic carbocycles. The summed E-state index contributed by atoms with van der Waals surface area (Å²) in [7, 11) is 3.00. The van der Waals surface area contributed by atoms with Gasteiger partial charge in [-0.05, 0) is 61.0 Å². The van der Waals surface area contributed by atoms with Crippen LogP contribution in [0, 0.1) is 6.92 Å². The third-order valence-electron chi connectivity index (χ3n) is 4.65. The smallest absolute Gasteiger partial charge is 0.271 e. The minimum absolute atomic E-state index is 0.214. The number of rotatable bonds is 9. The molecule has 0 aromatic heterocycles. The number of anilines is 1. The molecule has 8 nitrogen and oxygen atoms in total. The highest BCUT2D eigenvalue weighted by atomic mass is 35.5. The predicted octanol–water partition coefficient (Wildman–Crippen LogP) is 4.45. The number of carbonyl (C=O) groups is 2. The Morgan fingerprint density at radius 3 is 2.47 bits per heavy atom. The zero-order chi connectivity index (χ0) is 24.5. The second-order valence-corrected chi connectivity index (χ2v) is 7.59. The normalized spacial score (nSPS) is 10.6. The summed E-state index contributed by atoms with van der Waals surface area (Å²) in [5, 5.41) is 7.21. The van der Waals surface area contributed by atoms with Crippen molar-refractivity contribution in [2.45, 2.75) is 6.92 Å². The average molecular weight is 482 g/mol. The molecular weight excluding hydrogens is 458 g/mol. The van der Waals surface area contributed by atoms with Gasteiger partial charge in [0.1, 0.15) is 5.75 Å². The number of hydrazone groups is 1. The van der Waals surface area contributed by atoms with Crippen LogP contribution in [0.4, 0.5) is 5.69 Å². The van der Waals surface area contributed by atoms with E-state index in [1.807, 2.05) is 25.1 Å². The molecular formula is C25H24ClN3O5. The lowest BCUT2D eigenvalue weighted by Gasteiger charge is -2.10. The maximum absolute atomic E-state index is 12.4. The van der Waals surface area contributed by atoms with E-state index in [0.29, 0.717) is 39.1 Å². The van der Waals surface area contributed by atoms with E-state index in [9.17, 15) is 9.59 Å². The first-order valence-electron chi connectivity index (χ1n) is 10.2. The van der Waals surface area contributed by atoms with Gasteiger partial charge in [-0.2, -0.15) is 5.10 Å². The lowest BCUT2D eigenvalue weighted by atomic mass is 10.2. The molecule has 2 N–H and O–H groups in total. The molecule has 34 heavy (non-hydrogen) atoms. The molecule has 3 aromatic carbocycles. The molecule has 3 rings (SSSR count). The van der Waals surface area contributed by atoms with Crippen LogP contribution in [0.15, 0.2) is 65.8 Å². The number of nitrogens with one attached hydrogen (secondary N) is 2. The van der Waals surface area contributed by atoms with Crippen LogP contribution in [0.1, 0.15) is 21.5 Å². The first-order chi connectivity index (χ1) is 16.4. The van der Waals surface area contributed by atoms with Crippen molar-refractivity contribution < 1.29 is 23.8 Å². The van der Waals surface area contributed by atoms with E-state index in [0.717, 1.165) is 5.56 Å². The number of ether oxygens (including phenoxy) is 3. The van der Waals surface area contributed by atoms with Crippen molar-refractivity contribution in [1.82, 2.24) is 5.43 Å². The summed E-state index contributed by atoms with van der Waals surface area (Å²) < 4.78 is 16.0. The summed E-state index contributed by atoms with van der Waals surface area (Å²) >= 11 is 6.09. The number of hydrogen-bond acceptors (Lipinski definition) is 6. The van der Waals surface area contributed by atoms with E-state index >= 15 is 0 Å². The number of amides is 2. The van der Waals surface area contributed by atoms with Crippen molar-refractivity contribution in [3.63, 3.8) is 0 Å². The van der Waals surface area contributed by atoms with Crippen molar-refractivity contribution in [2.24, 2.45) is 5.10 Å². The minimum Gasteiger partial charge on any atom is -0.493 e. The van der Waals surface area contributed by atoms with E-state index in [2.05, 4.69) is 15.8 Å². The number of benzene rings is 3. The van der Waals surface area contributed by atoms with E-state index in [1.54, 1.807) is 42.5 Å². The first-order valence-corrected chi connectivity index (χ1v) is 10.6. The van der Waals surface area contributed by atoms with Gasteiger partial charge in [0.25, 0.3) is 11.8 Å². The van der Waals surface area contributed by atoms with Crippen LogP contribution in [-0.4, -0.2) is 38.9 Å². The van der Waals surface area contributed by atoms with Gasteiger partial charge < -0.3 is 19.5 Å². The fourth-order valence-electron chi connectivity index (χ4n) is 3.02. The third-order valence-corrected chi connectivity index (χ3v) is 4.88. The Morgan fingerprint density at radius 2 is 1.74 bits per heavy atom. The van der Waals surface area contributed by atoms with E-state index < -0.39 is 5.91 Å². The van der Waals surface area contributed by atoms with Crippen LogP contribution in [0.5, 0.6) is 17.2 Å². The number of halogens is 1. The highest BCUT2D eigenvalue weighted by molar-refractivity contribution is 6.30. The maximum Gasteiger partial charge on any atom is 0.271 e. The van der Waals surface area contributed by atoms with Crippen LogP contribution in [0.3, 0.4) is 0 Å². The molecule has 0 spiro atoms. The summed E-state index contributed by atoms with van der Waals surface area (Å²) in [5.41, 5.74) is 4.99. The van der Waals surface area contributed by atoms with Crippen molar-refractivity contribution >= 4 is 35.3 Å².